The Hall–Kier alpha value is -1.75. The van der Waals surface area contributed by atoms with Gasteiger partial charge in [0.2, 0.25) is 0 Å². The van der Waals surface area contributed by atoms with Gasteiger partial charge in [-0.1, -0.05) is 18.2 Å². The smallest absolute Gasteiger partial charge is 0.317 e. The standard InChI is InChI=1S/C16H24N2O3/c1-11(10-19)18(4)15(20)17-13-9-16(2,3)21-14-8-6-5-7-12(13)14/h5-8,11,13,19H,9-10H2,1-4H3,(H,17,20). The highest BCUT2D eigenvalue weighted by atomic mass is 16.5. The molecule has 2 unspecified atom stereocenters. The zero-order chi connectivity index (χ0) is 15.6. The van der Waals surface area contributed by atoms with E-state index in [2.05, 4.69) is 5.32 Å². The number of benzene rings is 1. The number of rotatable bonds is 3. The molecule has 0 saturated carbocycles. The summed E-state index contributed by atoms with van der Waals surface area (Å²) in [5, 5.41) is 12.2. The van der Waals surface area contributed by atoms with E-state index in [1.807, 2.05) is 38.1 Å². The second-order valence-corrected chi connectivity index (χ2v) is 6.25. The average Bonchev–Trinajstić information content (AvgIpc) is 2.44. The van der Waals surface area contributed by atoms with E-state index < -0.39 is 0 Å². The van der Waals surface area contributed by atoms with Crippen molar-refractivity contribution in [2.24, 2.45) is 0 Å². The van der Waals surface area contributed by atoms with Gasteiger partial charge in [0.1, 0.15) is 11.4 Å². The molecule has 0 radical (unpaired) electrons. The summed E-state index contributed by atoms with van der Waals surface area (Å²) in [6.45, 7) is 5.78. The first kappa shape index (κ1) is 15.6. The lowest BCUT2D eigenvalue weighted by Crippen LogP contribution is -2.48. The number of aliphatic hydroxyl groups is 1. The van der Waals surface area contributed by atoms with E-state index in [-0.39, 0.29) is 30.3 Å². The number of aliphatic hydroxyl groups excluding tert-OH is 1. The van der Waals surface area contributed by atoms with Gasteiger partial charge in [-0.15, -0.1) is 0 Å². The molecule has 2 atom stereocenters. The van der Waals surface area contributed by atoms with Crippen molar-refractivity contribution in [3.63, 3.8) is 0 Å². The molecule has 0 aliphatic carbocycles. The summed E-state index contributed by atoms with van der Waals surface area (Å²) in [5.74, 6) is 0.817. The summed E-state index contributed by atoms with van der Waals surface area (Å²) in [5.41, 5.74) is 0.670. The van der Waals surface area contributed by atoms with Gasteiger partial charge in [-0.25, -0.2) is 4.79 Å². The van der Waals surface area contributed by atoms with Gasteiger partial charge in [0.25, 0.3) is 0 Å². The van der Waals surface area contributed by atoms with Crippen LogP contribution in [0.5, 0.6) is 5.75 Å². The lowest BCUT2D eigenvalue weighted by molar-refractivity contribution is 0.0658. The summed E-state index contributed by atoms with van der Waals surface area (Å²) >= 11 is 0. The van der Waals surface area contributed by atoms with Crippen LogP contribution in [-0.2, 0) is 0 Å². The number of carbonyl (C=O) groups is 1. The first-order chi connectivity index (χ1) is 9.84. The van der Waals surface area contributed by atoms with E-state index in [1.54, 1.807) is 14.0 Å². The number of fused-ring (bicyclic) bond motifs is 1. The van der Waals surface area contributed by atoms with E-state index in [0.717, 1.165) is 11.3 Å². The molecule has 116 valence electrons. The molecule has 2 rings (SSSR count). The number of para-hydroxylation sites is 1. The topological polar surface area (TPSA) is 61.8 Å². The monoisotopic (exact) mass is 292 g/mol. The van der Waals surface area contributed by atoms with Crippen molar-refractivity contribution in [3.8, 4) is 5.75 Å². The van der Waals surface area contributed by atoms with Crippen molar-refractivity contribution in [3.05, 3.63) is 29.8 Å². The Labute approximate surface area is 125 Å². The maximum Gasteiger partial charge on any atom is 0.317 e. The third-order valence-corrected chi connectivity index (χ3v) is 3.92. The third-order valence-electron chi connectivity index (χ3n) is 3.92. The molecule has 1 aromatic carbocycles. The minimum absolute atomic E-state index is 0.0558. The zero-order valence-electron chi connectivity index (χ0n) is 13.1. The number of nitrogens with zero attached hydrogens (tertiary/aromatic N) is 1. The molecule has 0 spiro atoms. The Morgan fingerprint density at radius 3 is 2.86 bits per heavy atom. The highest BCUT2D eigenvalue weighted by Crippen LogP contribution is 2.39. The molecule has 5 nitrogen and oxygen atoms in total. The van der Waals surface area contributed by atoms with Crippen LogP contribution in [0, 0.1) is 0 Å². The number of hydrogen-bond acceptors (Lipinski definition) is 3. The predicted molar refractivity (Wildman–Crippen MR) is 81.3 cm³/mol. The molecule has 1 aliphatic heterocycles. The van der Waals surface area contributed by atoms with Crippen LogP contribution in [0.25, 0.3) is 0 Å². The third kappa shape index (κ3) is 3.47. The van der Waals surface area contributed by atoms with E-state index in [4.69, 9.17) is 9.84 Å². The van der Waals surface area contributed by atoms with E-state index >= 15 is 0 Å². The first-order valence-corrected chi connectivity index (χ1v) is 7.26. The lowest BCUT2D eigenvalue weighted by atomic mass is 9.90. The van der Waals surface area contributed by atoms with Crippen LogP contribution in [0.2, 0.25) is 0 Å². The van der Waals surface area contributed by atoms with Crippen LogP contribution in [-0.4, -0.2) is 41.3 Å². The van der Waals surface area contributed by atoms with Crippen molar-refractivity contribution in [1.29, 1.82) is 0 Å². The van der Waals surface area contributed by atoms with Crippen LogP contribution < -0.4 is 10.1 Å². The minimum atomic E-state index is -0.326. The van der Waals surface area contributed by atoms with Gasteiger partial charge < -0.3 is 20.1 Å². The van der Waals surface area contributed by atoms with E-state index in [9.17, 15) is 4.79 Å². The minimum Gasteiger partial charge on any atom is -0.487 e. The number of likely N-dealkylation sites (N-methyl/N-ethyl adjacent to an activating group) is 1. The molecule has 2 amide bonds. The fourth-order valence-electron chi connectivity index (χ4n) is 2.50. The zero-order valence-corrected chi connectivity index (χ0v) is 13.1. The highest BCUT2D eigenvalue weighted by Gasteiger charge is 2.34. The molecule has 5 heteroatoms. The SMILES string of the molecule is CC(CO)N(C)C(=O)NC1CC(C)(C)Oc2ccccc21. The van der Waals surface area contributed by atoms with Crippen LogP contribution in [0.1, 0.15) is 38.8 Å². The molecule has 21 heavy (non-hydrogen) atoms. The Balaban J connectivity index is 2.18. The van der Waals surface area contributed by atoms with E-state index in [0.29, 0.717) is 6.42 Å². The number of nitrogens with one attached hydrogen (secondary N) is 1. The van der Waals surface area contributed by atoms with Gasteiger partial charge in [0, 0.05) is 19.0 Å². The maximum atomic E-state index is 12.3. The van der Waals surface area contributed by atoms with Gasteiger partial charge in [-0.2, -0.15) is 0 Å². The Morgan fingerprint density at radius 1 is 1.52 bits per heavy atom. The van der Waals surface area contributed by atoms with Crippen LogP contribution in [0.3, 0.4) is 0 Å². The van der Waals surface area contributed by atoms with Crippen molar-refractivity contribution in [2.75, 3.05) is 13.7 Å². The first-order valence-electron chi connectivity index (χ1n) is 7.26. The average molecular weight is 292 g/mol. The van der Waals surface area contributed by atoms with Crippen molar-refractivity contribution >= 4 is 6.03 Å². The van der Waals surface area contributed by atoms with Crippen LogP contribution >= 0.6 is 0 Å². The fraction of sp³-hybridized carbons (Fsp3) is 0.562. The molecule has 1 heterocycles. The summed E-state index contributed by atoms with van der Waals surface area (Å²) in [4.78, 5) is 13.8. The van der Waals surface area contributed by atoms with Gasteiger partial charge in [-0.3, -0.25) is 0 Å². The maximum absolute atomic E-state index is 12.3. The largest absolute Gasteiger partial charge is 0.487 e. The Kier molecular flexibility index (Phi) is 4.42. The fourth-order valence-corrected chi connectivity index (χ4v) is 2.50. The molecule has 0 fully saturated rings. The highest BCUT2D eigenvalue weighted by molar-refractivity contribution is 5.75. The summed E-state index contributed by atoms with van der Waals surface area (Å²) in [6, 6.07) is 7.28. The molecule has 1 aromatic rings. The molecular weight excluding hydrogens is 268 g/mol. The van der Waals surface area contributed by atoms with Crippen LogP contribution in [0.4, 0.5) is 4.79 Å². The molecule has 0 saturated heterocycles. The van der Waals surface area contributed by atoms with Crippen LogP contribution in [0.15, 0.2) is 24.3 Å². The molecule has 1 aliphatic rings. The molecule has 2 N–H and O–H groups in total. The number of hydrogen-bond donors (Lipinski definition) is 2. The van der Waals surface area contributed by atoms with Gasteiger partial charge in [0.15, 0.2) is 0 Å². The quantitative estimate of drug-likeness (QED) is 0.898. The molecule has 0 bridgehead atoms. The van der Waals surface area contributed by atoms with E-state index in [1.165, 1.54) is 4.90 Å². The number of carbonyl (C=O) groups excluding carboxylic acids is 1. The molecule has 0 aromatic heterocycles. The number of urea groups is 1. The van der Waals surface area contributed by atoms with Gasteiger partial charge in [-0.05, 0) is 26.8 Å². The summed E-state index contributed by atoms with van der Waals surface area (Å²) in [6.07, 6.45) is 0.705. The Bertz CT molecular complexity index is 516. The van der Waals surface area contributed by atoms with Gasteiger partial charge in [0.05, 0.1) is 18.7 Å². The summed E-state index contributed by atoms with van der Waals surface area (Å²) < 4.78 is 5.96. The number of amides is 2. The summed E-state index contributed by atoms with van der Waals surface area (Å²) in [7, 11) is 1.69. The second kappa shape index (κ2) is 5.93. The van der Waals surface area contributed by atoms with Crippen molar-refractivity contribution in [2.45, 2.75) is 44.9 Å². The normalized spacial score (nSPS) is 20.9. The number of ether oxygens (including phenoxy) is 1. The lowest BCUT2D eigenvalue weighted by Gasteiger charge is -2.38. The molecular formula is C16H24N2O3. The van der Waals surface area contributed by atoms with Crippen molar-refractivity contribution in [1.82, 2.24) is 10.2 Å². The second-order valence-electron chi connectivity index (χ2n) is 6.25. The van der Waals surface area contributed by atoms with Gasteiger partial charge >= 0.3 is 6.03 Å². The Morgan fingerprint density at radius 2 is 2.19 bits per heavy atom. The van der Waals surface area contributed by atoms with Crippen molar-refractivity contribution < 1.29 is 14.6 Å². The predicted octanol–water partition coefficient (Wildman–Crippen LogP) is 2.31.